The summed E-state index contributed by atoms with van der Waals surface area (Å²) >= 11 is 0. The summed E-state index contributed by atoms with van der Waals surface area (Å²) in [5.41, 5.74) is 4.35. The van der Waals surface area contributed by atoms with Crippen LogP contribution < -0.4 is 10.2 Å². The molecule has 3 rings (SSSR count). The van der Waals surface area contributed by atoms with E-state index in [1.807, 2.05) is 45.0 Å². The lowest BCUT2D eigenvalue weighted by Crippen LogP contribution is -2.22. The standard InChI is InChI=1S/C19H21N5O2/c1-12-13(2)22-19(24(3)4)23-17(12)14-5-7-15(8-6-14)18(25)20-11-16-9-10-21-26-16/h5-10H,11H2,1-4H3,(H,20,25). The molecule has 0 spiro atoms. The number of aromatic nitrogens is 3. The van der Waals surface area contributed by atoms with E-state index in [4.69, 9.17) is 4.52 Å². The highest BCUT2D eigenvalue weighted by atomic mass is 16.5. The molecule has 7 nitrogen and oxygen atoms in total. The number of carbonyl (C=O) groups excluding carboxylic acids is 1. The molecule has 0 aliphatic heterocycles. The van der Waals surface area contributed by atoms with Gasteiger partial charge in [-0.3, -0.25) is 4.79 Å². The third-order valence-corrected chi connectivity index (χ3v) is 4.11. The molecule has 3 aromatic rings. The van der Waals surface area contributed by atoms with Crippen molar-refractivity contribution in [2.45, 2.75) is 20.4 Å². The fourth-order valence-corrected chi connectivity index (χ4v) is 2.48. The fourth-order valence-electron chi connectivity index (χ4n) is 2.48. The van der Waals surface area contributed by atoms with Crippen LogP contribution >= 0.6 is 0 Å². The highest BCUT2D eigenvalue weighted by Gasteiger charge is 2.13. The Kier molecular flexibility index (Phi) is 4.97. The van der Waals surface area contributed by atoms with Crippen molar-refractivity contribution in [1.29, 1.82) is 0 Å². The Labute approximate surface area is 152 Å². The van der Waals surface area contributed by atoms with Crippen LogP contribution in [-0.2, 0) is 6.54 Å². The van der Waals surface area contributed by atoms with Gasteiger partial charge in [-0.25, -0.2) is 9.97 Å². The number of amides is 1. The van der Waals surface area contributed by atoms with Crippen LogP contribution in [0.2, 0.25) is 0 Å². The van der Waals surface area contributed by atoms with Gasteiger partial charge in [-0.2, -0.15) is 0 Å². The minimum absolute atomic E-state index is 0.169. The number of nitrogens with one attached hydrogen (secondary N) is 1. The van der Waals surface area contributed by atoms with Crippen LogP contribution in [0.4, 0.5) is 5.95 Å². The third-order valence-electron chi connectivity index (χ3n) is 4.11. The summed E-state index contributed by atoms with van der Waals surface area (Å²) in [6.07, 6.45) is 1.55. The van der Waals surface area contributed by atoms with E-state index in [2.05, 4.69) is 20.4 Å². The number of anilines is 1. The quantitative estimate of drug-likeness (QED) is 0.761. The van der Waals surface area contributed by atoms with Gasteiger partial charge in [0.2, 0.25) is 5.95 Å². The molecular formula is C19H21N5O2. The maximum atomic E-state index is 12.2. The van der Waals surface area contributed by atoms with Gasteiger partial charge in [-0.1, -0.05) is 17.3 Å². The van der Waals surface area contributed by atoms with Crippen molar-refractivity contribution >= 4 is 11.9 Å². The number of nitrogens with zero attached hydrogens (tertiary/aromatic N) is 4. The van der Waals surface area contributed by atoms with Crippen LogP contribution in [0, 0.1) is 13.8 Å². The average Bonchev–Trinajstić information content (AvgIpc) is 3.15. The van der Waals surface area contributed by atoms with Gasteiger partial charge in [0.1, 0.15) is 0 Å². The molecule has 0 saturated heterocycles. The molecule has 1 aromatic carbocycles. The highest BCUT2D eigenvalue weighted by Crippen LogP contribution is 2.25. The van der Waals surface area contributed by atoms with E-state index in [0.717, 1.165) is 22.5 Å². The van der Waals surface area contributed by atoms with Gasteiger partial charge in [-0.05, 0) is 31.5 Å². The van der Waals surface area contributed by atoms with Gasteiger partial charge in [-0.15, -0.1) is 0 Å². The zero-order chi connectivity index (χ0) is 18.7. The number of aryl methyl sites for hydroxylation is 1. The van der Waals surface area contributed by atoms with Crippen molar-refractivity contribution in [2.75, 3.05) is 19.0 Å². The molecule has 0 fully saturated rings. The molecule has 134 valence electrons. The van der Waals surface area contributed by atoms with E-state index < -0.39 is 0 Å². The number of rotatable bonds is 5. The first-order valence-corrected chi connectivity index (χ1v) is 8.26. The second-order valence-electron chi connectivity index (χ2n) is 6.22. The maximum Gasteiger partial charge on any atom is 0.251 e. The summed E-state index contributed by atoms with van der Waals surface area (Å²) in [7, 11) is 3.83. The molecule has 0 aliphatic carbocycles. The zero-order valence-electron chi connectivity index (χ0n) is 15.3. The molecule has 1 amide bonds. The molecule has 26 heavy (non-hydrogen) atoms. The van der Waals surface area contributed by atoms with Crippen LogP contribution in [0.3, 0.4) is 0 Å². The van der Waals surface area contributed by atoms with Gasteiger partial charge < -0.3 is 14.7 Å². The lowest BCUT2D eigenvalue weighted by atomic mass is 10.0. The summed E-state index contributed by atoms with van der Waals surface area (Å²) < 4.78 is 4.97. The van der Waals surface area contributed by atoms with E-state index in [-0.39, 0.29) is 5.91 Å². The number of carbonyl (C=O) groups is 1. The largest absolute Gasteiger partial charge is 0.360 e. The lowest BCUT2D eigenvalue weighted by molar-refractivity contribution is 0.0947. The van der Waals surface area contributed by atoms with Crippen LogP contribution in [0.15, 0.2) is 41.1 Å². The van der Waals surface area contributed by atoms with Crippen molar-refractivity contribution in [3.8, 4) is 11.3 Å². The Morgan fingerprint density at radius 2 is 1.85 bits per heavy atom. The maximum absolute atomic E-state index is 12.2. The van der Waals surface area contributed by atoms with Crippen LogP contribution in [0.1, 0.15) is 27.4 Å². The summed E-state index contributed by atoms with van der Waals surface area (Å²) in [5, 5.41) is 6.41. The highest BCUT2D eigenvalue weighted by molar-refractivity contribution is 5.94. The molecule has 0 unspecified atom stereocenters. The molecule has 2 heterocycles. The van der Waals surface area contributed by atoms with E-state index >= 15 is 0 Å². The molecule has 0 bridgehead atoms. The molecule has 2 aromatic heterocycles. The van der Waals surface area contributed by atoms with Crippen LogP contribution in [-0.4, -0.2) is 35.1 Å². The molecule has 1 N–H and O–H groups in total. The van der Waals surface area contributed by atoms with Gasteiger partial charge in [0.15, 0.2) is 5.76 Å². The smallest absolute Gasteiger partial charge is 0.251 e. The second-order valence-corrected chi connectivity index (χ2v) is 6.22. The van der Waals surface area contributed by atoms with Crippen molar-refractivity contribution < 1.29 is 9.32 Å². The van der Waals surface area contributed by atoms with E-state index in [0.29, 0.717) is 23.8 Å². The number of hydrogen-bond donors (Lipinski definition) is 1. The van der Waals surface area contributed by atoms with Crippen molar-refractivity contribution in [3.63, 3.8) is 0 Å². The van der Waals surface area contributed by atoms with Gasteiger partial charge in [0, 0.05) is 37.0 Å². The average molecular weight is 351 g/mol. The SMILES string of the molecule is Cc1nc(N(C)C)nc(-c2ccc(C(=O)NCc3ccno3)cc2)c1C. The van der Waals surface area contributed by atoms with Gasteiger partial charge >= 0.3 is 0 Å². The van der Waals surface area contributed by atoms with Crippen molar-refractivity contribution in [3.05, 3.63) is 59.1 Å². The van der Waals surface area contributed by atoms with E-state index in [9.17, 15) is 4.79 Å². The predicted octanol–water partition coefficient (Wildman–Crippen LogP) is 2.74. The monoisotopic (exact) mass is 351 g/mol. The van der Waals surface area contributed by atoms with Gasteiger partial charge in [0.25, 0.3) is 5.91 Å². The predicted molar refractivity (Wildman–Crippen MR) is 98.9 cm³/mol. The normalized spacial score (nSPS) is 10.6. The van der Waals surface area contributed by atoms with Crippen molar-refractivity contribution in [1.82, 2.24) is 20.4 Å². The van der Waals surface area contributed by atoms with Crippen molar-refractivity contribution in [2.24, 2.45) is 0 Å². The molecule has 0 radical (unpaired) electrons. The Bertz CT molecular complexity index is 902. The fraction of sp³-hybridized carbons (Fsp3) is 0.263. The topological polar surface area (TPSA) is 84.2 Å². The number of hydrogen-bond acceptors (Lipinski definition) is 6. The first kappa shape index (κ1) is 17.6. The molecule has 0 saturated carbocycles. The molecule has 0 aliphatic rings. The van der Waals surface area contributed by atoms with E-state index in [1.165, 1.54) is 0 Å². The molecular weight excluding hydrogens is 330 g/mol. The first-order chi connectivity index (χ1) is 12.5. The number of benzene rings is 1. The summed E-state index contributed by atoms with van der Waals surface area (Å²) in [6, 6.07) is 9.09. The van der Waals surface area contributed by atoms with Gasteiger partial charge in [0.05, 0.1) is 18.4 Å². The Balaban J connectivity index is 1.80. The summed E-state index contributed by atoms with van der Waals surface area (Å²) in [6.45, 7) is 4.28. The first-order valence-electron chi connectivity index (χ1n) is 8.26. The lowest BCUT2D eigenvalue weighted by Gasteiger charge is -2.15. The second kappa shape index (κ2) is 7.35. The summed E-state index contributed by atoms with van der Waals surface area (Å²) in [4.78, 5) is 23.3. The minimum atomic E-state index is -0.169. The third kappa shape index (κ3) is 3.72. The molecule has 0 atom stereocenters. The van der Waals surface area contributed by atoms with Crippen LogP contribution in [0.25, 0.3) is 11.3 Å². The zero-order valence-corrected chi connectivity index (χ0v) is 15.3. The minimum Gasteiger partial charge on any atom is -0.360 e. The van der Waals surface area contributed by atoms with Crippen LogP contribution in [0.5, 0.6) is 0 Å². The Morgan fingerprint density at radius 3 is 2.46 bits per heavy atom. The summed E-state index contributed by atoms with van der Waals surface area (Å²) in [5.74, 6) is 1.10. The van der Waals surface area contributed by atoms with E-state index in [1.54, 1.807) is 24.4 Å². The Morgan fingerprint density at radius 1 is 1.12 bits per heavy atom. The Hall–Kier alpha value is -3.22. The molecule has 7 heteroatoms.